The number of carboxylic acid groups (broad SMARTS) is 1. The Hall–Kier alpha value is -3.26. The van der Waals surface area contributed by atoms with Gasteiger partial charge < -0.3 is 16.2 Å². The summed E-state index contributed by atoms with van der Waals surface area (Å²) in [7, 11) is 0. The standard InChI is InChI=1S/C17H14N4O3S/c1-9-6-7-19-8-12(9)13(22)14-15(18)21-17(25-14)20-11-4-2-10(3-5-11)16(23)24/h2-8H,18H2,1H3,(H,20,21)(H,23,24). The van der Waals surface area contributed by atoms with Crippen LogP contribution in [0.25, 0.3) is 0 Å². The molecular weight excluding hydrogens is 340 g/mol. The van der Waals surface area contributed by atoms with E-state index < -0.39 is 5.97 Å². The van der Waals surface area contributed by atoms with Gasteiger partial charge in [0, 0.05) is 23.6 Å². The fourth-order valence-corrected chi connectivity index (χ4v) is 3.05. The molecule has 0 aliphatic heterocycles. The smallest absolute Gasteiger partial charge is 0.335 e. The minimum Gasteiger partial charge on any atom is -0.478 e. The minimum absolute atomic E-state index is 0.142. The number of anilines is 3. The fourth-order valence-electron chi connectivity index (χ4n) is 2.19. The van der Waals surface area contributed by atoms with Gasteiger partial charge in [0.2, 0.25) is 5.78 Å². The number of thiazole rings is 1. The quantitative estimate of drug-likeness (QED) is 0.602. The number of hydrogen-bond donors (Lipinski definition) is 3. The minimum atomic E-state index is -0.996. The zero-order valence-electron chi connectivity index (χ0n) is 13.2. The second-order valence-electron chi connectivity index (χ2n) is 5.26. The number of benzene rings is 1. The third kappa shape index (κ3) is 3.48. The number of aromatic carboxylic acids is 1. The van der Waals surface area contributed by atoms with Crippen molar-refractivity contribution >= 4 is 39.7 Å². The molecule has 2 heterocycles. The number of hydrogen-bond acceptors (Lipinski definition) is 7. The molecule has 1 aromatic carbocycles. The molecule has 4 N–H and O–H groups in total. The normalized spacial score (nSPS) is 10.4. The lowest BCUT2D eigenvalue weighted by Crippen LogP contribution is -2.05. The lowest BCUT2D eigenvalue weighted by Gasteiger charge is -2.03. The predicted octanol–water partition coefficient (Wildman–Crippen LogP) is 3.10. The molecule has 0 radical (unpaired) electrons. The van der Waals surface area contributed by atoms with E-state index in [9.17, 15) is 9.59 Å². The van der Waals surface area contributed by atoms with Crippen LogP contribution in [0.5, 0.6) is 0 Å². The van der Waals surface area contributed by atoms with Crippen molar-refractivity contribution < 1.29 is 14.7 Å². The Morgan fingerprint density at radius 2 is 1.92 bits per heavy atom. The molecule has 0 fully saturated rings. The van der Waals surface area contributed by atoms with E-state index in [2.05, 4.69) is 15.3 Å². The zero-order valence-corrected chi connectivity index (χ0v) is 14.0. The van der Waals surface area contributed by atoms with Crippen molar-refractivity contribution in [3.63, 3.8) is 0 Å². The summed E-state index contributed by atoms with van der Waals surface area (Å²) in [5.74, 6) is -1.08. The van der Waals surface area contributed by atoms with Crippen molar-refractivity contribution in [3.05, 3.63) is 64.3 Å². The molecule has 0 aliphatic carbocycles. The van der Waals surface area contributed by atoms with Crippen LogP contribution >= 0.6 is 11.3 Å². The highest BCUT2D eigenvalue weighted by Gasteiger charge is 2.19. The van der Waals surface area contributed by atoms with Crippen LogP contribution in [0, 0.1) is 6.92 Å². The molecule has 0 saturated carbocycles. The van der Waals surface area contributed by atoms with Gasteiger partial charge >= 0.3 is 5.97 Å². The number of nitrogens with zero attached hydrogens (tertiary/aromatic N) is 2. The maximum Gasteiger partial charge on any atom is 0.335 e. The van der Waals surface area contributed by atoms with E-state index in [1.807, 2.05) is 6.92 Å². The summed E-state index contributed by atoms with van der Waals surface area (Å²) < 4.78 is 0. The molecule has 0 unspecified atom stereocenters. The number of carboxylic acids is 1. The van der Waals surface area contributed by atoms with Gasteiger partial charge in [-0.15, -0.1) is 0 Å². The Morgan fingerprint density at radius 3 is 2.56 bits per heavy atom. The molecule has 7 nitrogen and oxygen atoms in total. The van der Waals surface area contributed by atoms with E-state index in [0.29, 0.717) is 21.3 Å². The summed E-state index contributed by atoms with van der Waals surface area (Å²) in [5.41, 5.74) is 8.02. The summed E-state index contributed by atoms with van der Waals surface area (Å²) in [6.07, 6.45) is 3.13. The number of carbonyl (C=O) groups excluding carboxylic acids is 1. The van der Waals surface area contributed by atoms with E-state index in [0.717, 1.165) is 16.9 Å². The molecule has 3 aromatic rings. The summed E-state index contributed by atoms with van der Waals surface area (Å²) >= 11 is 1.14. The average molecular weight is 354 g/mol. The van der Waals surface area contributed by atoms with E-state index in [4.69, 9.17) is 10.8 Å². The van der Waals surface area contributed by atoms with Crippen molar-refractivity contribution in [2.75, 3.05) is 11.1 Å². The number of nitrogens with two attached hydrogens (primary N) is 1. The van der Waals surface area contributed by atoms with Crippen LogP contribution in [-0.4, -0.2) is 26.8 Å². The molecule has 8 heteroatoms. The number of carbonyl (C=O) groups is 2. The predicted molar refractivity (Wildman–Crippen MR) is 95.6 cm³/mol. The van der Waals surface area contributed by atoms with Crippen LogP contribution < -0.4 is 11.1 Å². The van der Waals surface area contributed by atoms with E-state index in [1.165, 1.54) is 18.3 Å². The number of aromatic nitrogens is 2. The maximum absolute atomic E-state index is 12.6. The highest BCUT2D eigenvalue weighted by Crippen LogP contribution is 2.30. The van der Waals surface area contributed by atoms with Crippen molar-refractivity contribution in [2.24, 2.45) is 0 Å². The number of aryl methyl sites for hydroxylation is 1. The Kier molecular flexibility index (Phi) is 4.44. The second kappa shape index (κ2) is 6.70. The third-order valence-electron chi connectivity index (χ3n) is 3.53. The molecule has 3 rings (SSSR count). The van der Waals surface area contributed by atoms with Crippen molar-refractivity contribution in [2.45, 2.75) is 6.92 Å². The van der Waals surface area contributed by atoms with Crippen LogP contribution in [0.2, 0.25) is 0 Å². The summed E-state index contributed by atoms with van der Waals surface area (Å²) in [6.45, 7) is 1.83. The monoisotopic (exact) mass is 354 g/mol. The van der Waals surface area contributed by atoms with Crippen LogP contribution in [0.4, 0.5) is 16.6 Å². The molecule has 2 aromatic heterocycles. The van der Waals surface area contributed by atoms with Crippen LogP contribution in [-0.2, 0) is 0 Å². The molecule has 0 aliphatic rings. The molecule has 0 saturated heterocycles. The van der Waals surface area contributed by atoms with E-state index in [-0.39, 0.29) is 17.2 Å². The summed E-state index contributed by atoms with van der Waals surface area (Å²) in [4.78, 5) is 32.0. The Bertz CT molecular complexity index is 951. The zero-order chi connectivity index (χ0) is 18.0. The number of pyridine rings is 1. The van der Waals surface area contributed by atoms with Gasteiger partial charge in [0.05, 0.1) is 5.56 Å². The van der Waals surface area contributed by atoms with Crippen LogP contribution in [0.3, 0.4) is 0 Å². The molecular formula is C17H14N4O3S. The van der Waals surface area contributed by atoms with Crippen LogP contribution in [0.15, 0.2) is 42.7 Å². The van der Waals surface area contributed by atoms with Gasteiger partial charge in [-0.05, 0) is 42.8 Å². The second-order valence-corrected chi connectivity index (χ2v) is 6.26. The Balaban J connectivity index is 1.84. The molecule has 0 spiro atoms. The number of nitrogens with one attached hydrogen (secondary N) is 1. The largest absolute Gasteiger partial charge is 0.478 e. The molecule has 0 amide bonds. The fraction of sp³-hybridized carbons (Fsp3) is 0.0588. The number of nitrogen functional groups attached to an aromatic ring is 1. The topological polar surface area (TPSA) is 118 Å². The lowest BCUT2D eigenvalue weighted by molar-refractivity contribution is 0.0696. The van der Waals surface area contributed by atoms with Gasteiger partial charge in [0.1, 0.15) is 10.7 Å². The summed E-state index contributed by atoms with van der Waals surface area (Å²) in [5, 5.41) is 12.4. The van der Waals surface area contributed by atoms with Gasteiger partial charge in [-0.2, -0.15) is 0 Å². The van der Waals surface area contributed by atoms with E-state index >= 15 is 0 Å². The van der Waals surface area contributed by atoms with Gasteiger partial charge in [-0.1, -0.05) is 11.3 Å². The van der Waals surface area contributed by atoms with Crippen molar-refractivity contribution in [3.8, 4) is 0 Å². The first kappa shape index (κ1) is 16.6. The maximum atomic E-state index is 12.6. The van der Waals surface area contributed by atoms with Crippen molar-refractivity contribution in [1.29, 1.82) is 0 Å². The molecule has 0 atom stereocenters. The molecule has 25 heavy (non-hydrogen) atoms. The lowest BCUT2D eigenvalue weighted by atomic mass is 10.1. The molecule has 0 bridgehead atoms. The molecule has 126 valence electrons. The van der Waals surface area contributed by atoms with Gasteiger partial charge in [0.15, 0.2) is 5.13 Å². The van der Waals surface area contributed by atoms with Gasteiger partial charge in [-0.25, -0.2) is 9.78 Å². The average Bonchev–Trinajstić information content (AvgIpc) is 2.95. The number of rotatable bonds is 5. The Labute approximate surface area is 147 Å². The first-order valence-electron chi connectivity index (χ1n) is 7.27. The van der Waals surface area contributed by atoms with Crippen molar-refractivity contribution in [1.82, 2.24) is 9.97 Å². The third-order valence-corrected chi connectivity index (χ3v) is 4.51. The highest BCUT2D eigenvalue weighted by atomic mass is 32.1. The van der Waals surface area contributed by atoms with Gasteiger partial charge in [0.25, 0.3) is 0 Å². The first-order valence-corrected chi connectivity index (χ1v) is 8.09. The van der Waals surface area contributed by atoms with Gasteiger partial charge in [-0.3, -0.25) is 9.78 Å². The van der Waals surface area contributed by atoms with Crippen LogP contribution in [0.1, 0.15) is 31.2 Å². The summed E-state index contributed by atoms with van der Waals surface area (Å²) in [6, 6.07) is 7.95. The van der Waals surface area contributed by atoms with E-state index in [1.54, 1.807) is 24.4 Å². The SMILES string of the molecule is Cc1ccncc1C(=O)c1sc(Nc2ccc(C(=O)O)cc2)nc1N. The Morgan fingerprint density at radius 1 is 1.20 bits per heavy atom. The number of ketones is 1. The first-order chi connectivity index (χ1) is 12.0. The highest BCUT2D eigenvalue weighted by molar-refractivity contribution is 7.18.